The smallest absolute Gasteiger partial charge is 0.199 e. The van der Waals surface area contributed by atoms with Crippen LogP contribution < -0.4 is 0 Å². The van der Waals surface area contributed by atoms with Crippen LogP contribution in [0.1, 0.15) is 17.5 Å². The van der Waals surface area contributed by atoms with E-state index in [9.17, 15) is 4.79 Å². The summed E-state index contributed by atoms with van der Waals surface area (Å²) < 4.78 is 2.46. The molecule has 0 saturated carbocycles. The highest BCUT2D eigenvalue weighted by Gasteiger charge is 2.10. The van der Waals surface area contributed by atoms with Crippen molar-refractivity contribution in [2.75, 3.05) is 0 Å². The van der Waals surface area contributed by atoms with Crippen LogP contribution in [0.25, 0.3) is 5.69 Å². The molecular weight excluding hydrogens is 258 g/mol. The van der Waals surface area contributed by atoms with Gasteiger partial charge < -0.3 is 0 Å². The van der Waals surface area contributed by atoms with E-state index in [1.54, 1.807) is 0 Å². The van der Waals surface area contributed by atoms with E-state index in [0.717, 1.165) is 10.2 Å². The minimum Gasteiger partial charge on any atom is -0.291 e. The van der Waals surface area contributed by atoms with Gasteiger partial charge in [-0.3, -0.25) is 4.79 Å². The van der Waals surface area contributed by atoms with E-state index in [-0.39, 0.29) is 5.78 Å². The second kappa shape index (κ2) is 3.94. The van der Waals surface area contributed by atoms with Crippen molar-refractivity contribution in [1.29, 1.82) is 0 Å². The molecule has 1 aromatic heterocycles. The van der Waals surface area contributed by atoms with E-state index < -0.39 is 0 Å². The number of carbonyl (C=O) groups is 1. The number of hydrogen-bond acceptors (Lipinski definition) is 3. The van der Waals surface area contributed by atoms with E-state index in [1.807, 2.05) is 24.3 Å². The summed E-state index contributed by atoms with van der Waals surface area (Å²) >= 11 is 3.36. The number of rotatable bonds is 2. The number of halogens is 1. The molecule has 0 aliphatic rings. The molecule has 0 N–H and O–H groups in total. The summed E-state index contributed by atoms with van der Waals surface area (Å²) in [4.78, 5) is 15.2. The first-order valence-electron chi connectivity index (χ1n) is 4.35. The molecule has 0 unspecified atom stereocenters. The summed E-state index contributed by atoms with van der Waals surface area (Å²) in [7, 11) is 0. The van der Waals surface area contributed by atoms with Crippen molar-refractivity contribution in [1.82, 2.24) is 14.8 Å². The van der Waals surface area contributed by atoms with E-state index in [4.69, 9.17) is 0 Å². The lowest BCUT2D eigenvalue weighted by atomic mass is 10.3. The fourth-order valence-electron chi connectivity index (χ4n) is 1.28. The Labute approximate surface area is 95.1 Å². The SMILES string of the molecule is CC(=O)c1ncnn1-c1cccc(Br)c1. The third kappa shape index (κ3) is 1.97. The monoisotopic (exact) mass is 265 g/mol. The predicted molar refractivity (Wildman–Crippen MR) is 59.1 cm³/mol. The number of benzene rings is 1. The molecule has 15 heavy (non-hydrogen) atoms. The zero-order valence-electron chi connectivity index (χ0n) is 8.01. The molecule has 76 valence electrons. The molecule has 0 bridgehead atoms. The molecule has 0 fully saturated rings. The van der Waals surface area contributed by atoms with Gasteiger partial charge in [0.25, 0.3) is 0 Å². The van der Waals surface area contributed by atoms with Gasteiger partial charge in [-0.1, -0.05) is 22.0 Å². The number of ketones is 1. The maximum Gasteiger partial charge on any atom is 0.199 e. The Hall–Kier alpha value is -1.49. The molecule has 5 heteroatoms. The van der Waals surface area contributed by atoms with E-state index in [0.29, 0.717) is 5.82 Å². The quantitative estimate of drug-likeness (QED) is 0.783. The minimum absolute atomic E-state index is 0.104. The first kappa shape index (κ1) is 10.0. The third-order valence-corrected chi connectivity index (χ3v) is 2.41. The molecule has 0 aliphatic carbocycles. The van der Waals surface area contributed by atoms with Gasteiger partial charge in [-0.15, -0.1) is 0 Å². The number of aromatic nitrogens is 3. The van der Waals surface area contributed by atoms with Crippen molar-refractivity contribution in [3.8, 4) is 5.69 Å². The zero-order valence-corrected chi connectivity index (χ0v) is 9.60. The van der Waals surface area contributed by atoms with Crippen LogP contribution >= 0.6 is 15.9 Å². The van der Waals surface area contributed by atoms with Crippen molar-refractivity contribution < 1.29 is 4.79 Å². The minimum atomic E-state index is -0.104. The summed E-state index contributed by atoms with van der Waals surface area (Å²) in [5, 5.41) is 4.01. The van der Waals surface area contributed by atoms with Crippen molar-refractivity contribution in [3.63, 3.8) is 0 Å². The van der Waals surface area contributed by atoms with Gasteiger partial charge in [0.15, 0.2) is 11.6 Å². The molecule has 0 amide bonds. The average molecular weight is 266 g/mol. The number of nitrogens with zero attached hydrogens (tertiary/aromatic N) is 3. The van der Waals surface area contributed by atoms with Gasteiger partial charge in [0.1, 0.15) is 6.33 Å². The molecule has 0 spiro atoms. The van der Waals surface area contributed by atoms with E-state index in [2.05, 4.69) is 26.0 Å². The second-order valence-corrected chi connectivity index (χ2v) is 3.95. The van der Waals surface area contributed by atoms with Gasteiger partial charge in [0.2, 0.25) is 0 Å². The highest BCUT2D eigenvalue weighted by molar-refractivity contribution is 9.10. The summed E-state index contributed by atoms with van der Waals surface area (Å²) in [6, 6.07) is 7.53. The molecule has 0 atom stereocenters. The van der Waals surface area contributed by atoms with Crippen molar-refractivity contribution in [2.24, 2.45) is 0 Å². The van der Waals surface area contributed by atoms with Crippen molar-refractivity contribution in [3.05, 3.63) is 40.9 Å². The van der Waals surface area contributed by atoms with Gasteiger partial charge >= 0.3 is 0 Å². The Morgan fingerprint density at radius 1 is 1.47 bits per heavy atom. The Kier molecular flexibility index (Phi) is 2.64. The van der Waals surface area contributed by atoms with Gasteiger partial charge in [-0.05, 0) is 18.2 Å². The first-order chi connectivity index (χ1) is 7.18. The van der Waals surface area contributed by atoms with Gasteiger partial charge in [0, 0.05) is 11.4 Å². The van der Waals surface area contributed by atoms with Crippen LogP contribution in [-0.2, 0) is 0 Å². The maximum absolute atomic E-state index is 11.3. The highest BCUT2D eigenvalue weighted by atomic mass is 79.9. The van der Waals surface area contributed by atoms with E-state index >= 15 is 0 Å². The van der Waals surface area contributed by atoms with Crippen LogP contribution in [-0.4, -0.2) is 20.5 Å². The average Bonchev–Trinajstić information content (AvgIpc) is 2.65. The summed E-state index contributed by atoms with van der Waals surface area (Å²) in [6.07, 6.45) is 1.37. The van der Waals surface area contributed by atoms with Crippen molar-refractivity contribution >= 4 is 21.7 Å². The summed E-state index contributed by atoms with van der Waals surface area (Å²) in [5.74, 6) is 0.237. The van der Waals surface area contributed by atoms with Crippen LogP contribution in [0, 0.1) is 0 Å². The Morgan fingerprint density at radius 2 is 2.27 bits per heavy atom. The molecule has 1 aromatic carbocycles. The second-order valence-electron chi connectivity index (χ2n) is 3.03. The van der Waals surface area contributed by atoms with E-state index in [1.165, 1.54) is 17.9 Å². The summed E-state index contributed by atoms with van der Waals surface area (Å²) in [5.41, 5.74) is 0.812. The van der Waals surface area contributed by atoms with Gasteiger partial charge in [0.05, 0.1) is 5.69 Å². The van der Waals surface area contributed by atoms with Crippen LogP contribution in [0.15, 0.2) is 35.1 Å². The Morgan fingerprint density at radius 3 is 2.93 bits per heavy atom. The normalized spacial score (nSPS) is 10.3. The fourth-order valence-corrected chi connectivity index (χ4v) is 1.67. The van der Waals surface area contributed by atoms with Crippen LogP contribution in [0.4, 0.5) is 0 Å². The first-order valence-corrected chi connectivity index (χ1v) is 5.14. The lowest BCUT2D eigenvalue weighted by Crippen LogP contribution is -2.07. The predicted octanol–water partition coefficient (Wildman–Crippen LogP) is 2.23. The molecule has 4 nitrogen and oxygen atoms in total. The number of Topliss-reactive ketones (excluding diaryl/α,β-unsaturated/α-hetero) is 1. The molecule has 0 aliphatic heterocycles. The Bertz CT molecular complexity index is 507. The zero-order chi connectivity index (χ0) is 10.8. The molecular formula is C10H8BrN3O. The third-order valence-electron chi connectivity index (χ3n) is 1.92. The standard InChI is InChI=1S/C10H8BrN3O/c1-7(15)10-12-6-13-14(10)9-4-2-3-8(11)5-9/h2-6H,1H3. The molecule has 2 rings (SSSR count). The molecule has 1 heterocycles. The maximum atomic E-state index is 11.3. The van der Waals surface area contributed by atoms with Crippen LogP contribution in [0.3, 0.4) is 0 Å². The number of carbonyl (C=O) groups excluding carboxylic acids is 1. The largest absolute Gasteiger partial charge is 0.291 e. The molecule has 2 aromatic rings. The molecule has 0 radical (unpaired) electrons. The Balaban J connectivity index is 2.54. The fraction of sp³-hybridized carbons (Fsp3) is 0.100. The lowest BCUT2D eigenvalue weighted by molar-refractivity contribution is 0.100. The van der Waals surface area contributed by atoms with Crippen LogP contribution in [0.2, 0.25) is 0 Å². The topological polar surface area (TPSA) is 47.8 Å². The van der Waals surface area contributed by atoms with Crippen LogP contribution in [0.5, 0.6) is 0 Å². The highest BCUT2D eigenvalue weighted by Crippen LogP contribution is 2.15. The number of hydrogen-bond donors (Lipinski definition) is 0. The van der Waals surface area contributed by atoms with Gasteiger partial charge in [-0.2, -0.15) is 5.10 Å². The van der Waals surface area contributed by atoms with Crippen molar-refractivity contribution in [2.45, 2.75) is 6.92 Å². The molecule has 0 saturated heterocycles. The summed E-state index contributed by atoms with van der Waals surface area (Å²) in [6.45, 7) is 1.47. The van der Waals surface area contributed by atoms with Gasteiger partial charge in [-0.25, -0.2) is 9.67 Å². The lowest BCUT2D eigenvalue weighted by Gasteiger charge is -2.03.